The highest BCUT2D eigenvalue weighted by atomic mass is 32.2. The van der Waals surface area contributed by atoms with E-state index >= 15 is 0 Å². The van der Waals surface area contributed by atoms with Crippen LogP contribution < -0.4 is 10.6 Å². The maximum absolute atomic E-state index is 12.1. The second-order valence-corrected chi connectivity index (χ2v) is 5.93. The number of carbonyl (C=O) groups is 1. The summed E-state index contributed by atoms with van der Waals surface area (Å²) in [6.45, 7) is 0. The van der Waals surface area contributed by atoms with Gasteiger partial charge in [-0.2, -0.15) is 0 Å². The Bertz CT molecular complexity index is 832. The molecule has 0 saturated heterocycles. The Morgan fingerprint density at radius 3 is 2.50 bits per heavy atom. The van der Waals surface area contributed by atoms with Gasteiger partial charge in [0, 0.05) is 11.1 Å². The van der Waals surface area contributed by atoms with Gasteiger partial charge in [0.05, 0.1) is 12.9 Å². The van der Waals surface area contributed by atoms with E-state index in [4.69, 9.17) is 10.6 Å². The number of nitrogens with zero attached hydrogens (tertiary/aromatic N) is 3. The highest BCUT2D eigenvalue weighted by Crippen LogP contribution is 2.24. The Hall–Kier alpha value is -2.80. The third kappa shape index (κ3) is 3.41. The SMILES string of the molecule is COc1ccc(-c2nnc(SCC(=O)c3ccccc3)n2N)cc1. The van der Waals surface area contributed by atoms with Crippen LogP contribution in [0, 0.1) is 0 Å². The van der Waals surface area contributed by atoms with Crippen LogP contribution in [-0.4, -0.2) is 33.5 Å². The fourth-order valence-electron chi connectivity index (χ4n) is 2.15. The number of benzene rings is 2. The van der Waals surface area contributed by atoms with Gasteiger partial charge in [0.25, 0.3) is 0 Å². The number of ketones is 1. The third-order valence-electron chi connectivity index (χ3n) is 3.44. The van der Waals surface area contributed by atoms with Crippen LogP contribution in [0.3, 0.4) is 0 Å². The Labute approximate surface area is 143 Å². The van der Waals surface area contributed by atoms with Crippen LogP contribution in [0.5, 0.6) is 5.75 Å². The summed E-state index contributed by atoms with van der Waals surface area (Å²) >= 11 is 1.26. The van der Waals surface area contributed by atoms with E-state index < -0.39 is 0 Å². The number of nitrogen functional groups attached to an aromatic ring is 1. The standard InChI is InChI=1S/C17H16N4O2S/c1-23-14-9-7-13(8-10-14)16-19-20-17(21(16)18)24-11-15(22)12-5-3-2-4-6-12/h2-10H,11,18H2,1H3. The van der Waals surface area contributed by atoms with E-state index in [0.29, 0.717) is 16.5 Å². The lowest BCUT2D eigenvalue weighted by Gasteiger charge is -2.05. The van der Waals surface area contributed by atoms with Gasteiger partial charge in [-0.05, 0) is 24.3 Å². The van der Waals surface area contributed by atoms with Crippen molar-refractivity contribution in [1.29, 1.82) is 0 Å². The molecule has 7 heteroatoms. The molecule has 0 radical (unpaired) electrons. The Morgan fingerprint density at radius 2 is 1.83 bits per heavy atom. The van der Waals surface area contributed by atoms with E-state index in [1.165, 1.54) is 16.4 Å². The number of nitrogens with two attached hydrogens (primary N) is 1. The van der Waals surface area contributed by atoms with E-state index in [0.717, 1.165) is 11.3 Å². The lowest BCUT2D eigenvalue weighted by molar-refractivity contribution is 0.102. The second-order valence-electron chi connectivity index (χ2n) is 4.98. The molecule has 0 unspecified atom stereocenters. The van der Waals surface area contributed by atoms with Crippen molar-refractivity contribution in [3.05, 3.63) is 60.2 Å². The van der Waals surface area contributed by atoms with Crippen molar-refractivity contribution in [2.75, 3.05) is 18.7 Å². The van der Waals surface area contributed by atoms with Gasteiger partial charge in [-0.25, -0.2) is 4.68 Å². The molecule has 0 atom stereocenters. The molecular formula is C17H16N4O2S. The van der Waals surface area contributed by atoms with Gasteiger partial charge < -0.3 is 10.6 Å². The van der Waals surface area contributed by atoms with Gasteiger partial charge in [-0.15, -0.1) is 10.2 Å². The maximum Gasteiger partial charge on any atom is 0.210 e. The minimum atomic E-state index is 0.0228. The van der Waals surface area contributed by atoms with Crippen LogP contribution in [0.25, 0.3) is 11.4 Å². The Morgan fingerprint density at radius 1 is 1.12 bits per heavy atom. The third-order valence-corrected chi connectivity index (χ3v) is 4.38. The lowest BCUT2D eigenvalue weighted by Crippen LogP contribution is -2.12. The number of thioether (sulfide) groups is 1. The van der Waals surface area contributed by atoms with E-state index in [2.05, 4.69) is 10.2 Å². The van der Waals surface area contributed by atoms with Crippen molar-refractivity contribution >= 4 is 17.5 Å². The lowest BCUT2D eigenvalue weighted by atomic mass is 10.2. The number of hydrogen-bond donors (Lipinski definition) is 1. The summed E-state index contributed by atoms with van der Waals surface area (Å²) in [7, 11) is 1.61. The van der Waals surface area contributed by atoms with Gasteiger partial charge >= 0.3 is 0 Å². The highest BCUT2D eigenvalue weighted by Gasteiger charge is 2.14. The molecule has 2 N–H and O–H groups in total. The normalized spacial score (nSPS) is 10.5. The van der Waals surface area contributed by atoms with Crippen LogP contribution in [0.4, 0.5) is 0 Å². The number of methoxy groups -OCH3 is 1. The predicted molar refractivity (Wildman–Crippen MR) is 93.7 cm³/mol. The molecule has 0 spiro atoms. The van der Waals surface area contributed by atoms with Crippen LogP contribution in [0.15, 0.2) is 59.8 Å². The molecule has 0 aliphatic heterocycles. The van der Waals surface area contributed by atoms with E-state index in [9.17, 15) is 4.79 Å². The Balaban J connectivity index is 1.71. The summed E-state index contributed by atoms with van der Waals surface area (Å²) in [6.07, 6.45) is 0. The molecular weight excluding hydrogens is 324 g/mol. The maximum atomic E-state index is 12.1. The quantitative estimate of drug-likeness (QED) is 0.422. The van der Waals surface area contributed by atoms with Crippen molar-refractivity contribution in [3.63, 3.8) is 0 Å². The molecule has 0 amide bonds. The minimum Gasteiger partial charge on any atom is -0.497 e. The van der Waals surface area contributed by atoms with Crippen molar-refractivity contribution in [2.24, 2.45) is 0 Å². The topological polar surface area (TPSA) is 83.0 Å². The smallest absolute Gasteiger partial charge is 0.210 e. The zero-order valence-electron chi connectivity index (χ0n) is 13.0. The molecule has 0 saturated carbocycles. The monoisotopic (exact) mass is 340 g/mol. The van der Waals surface area contributed by atoms with Gasteiger partial charge in [0.1, 0.15) is 5.75 Å². The molecule has 0 bridgehead atoms. The number of ether oxygens (including phenoxy) is 1. The summed E-state index contributed by atoms with van der Waals surface area (Å²) in [4.78, 5) is 12.1. The molecule has 0 fully saturated rings. The second kappa shape index (κ2) is 7.18. The first-order chi connectivity index (χ1) is 11.7. The molecule has 3 aromatic rings. The summed E-state index contributed by atoms with van der Waals surface area (Å²) in [5.41, 5.74) is 1.50. The van der Waals surface area contributed by atoms with Crippen LogP contribution in [0.2, 0.25) is 0 Å². The van der Waals surface area contributed by atoms with Crippen molar-refractivity contribution in [1.82, 2.24) is 14.9 Å². The minimum absolute atomic E-state index is 0.0228. The molecule has 24 heavy (non-hydrogen) atoms. The zero-order chi connectivity index (χ0) is 16.9. The number of hydrogen-bond acceptors (Lipinski definition) is 6. The first-order valence-corrected chi connectivity index (χ1v) is 8.23. The average Bonchev–Trinajstić information content (AvgIpc) is 3.01. The largest absolute Gasteiger partial charge is 0.497 e. The van der Waals surface area contributed by atoms with Gasteiger partial charge in [0.2, 0.25) is 5.16 Å². The predicted octanol–water partition coefficient (Wildman–Crippen LogP) is 2.64. The van der Waals surface area contributed by atoms with E-state index in [1.54, 1.807) is 19.2 Å². The molecule has 6 nitrogen and oxygen atoms in total. The van der Waals surface area contributed by atoms with E-state index in [-0.39, 0.29) is 11.5 Å². The van der Waals surface area contributed by atoms with Crippen molar-refractivity contribution in [2.45, 2.75) is 5.16 Å². The molecule has 122 valence electrons. The van der Waals surface area contributed by atoms with Gasteiger partial charge in [-0.1, -0.05) is 42.1 Å². The highest BCUT2D eigenvalue weighted by molar-refractivity contribution is 7.99. The number of Topliss-reactive ketones (excluding diaryl/α,β-unsaturated/α-hetero) is 1. The molecule has 1 heterocycles. The summed E-state index contributed by atoms with van der Waals surface area (Å²) < 4.78 is 6.53. The molecule has 0 aliphatic rings. The van der Waals surface area contributed by atoms with Crippen LogP contribution in [-0.2, 0) is 0 Å². The molecule has 0 aliphatic carbocycles. The Kier molecular flexibility index (Phi) is 4.81. The first kappa shape index (κ1) is 16.1. The molecule has 3 rings (SSSR count). The summed E-state index contributed by atoms with van der Waals surface area (Å²) in [5.74, 6) is 7.62. The number of carbonyl (C=O) groups excluding carboxylic acids is 1. The fraction of sp³-hybridized carbons (Fsp3) is 0.118. The first-order valence-electron chi connectivity index (χ1n) is 7.25. The van der Waals surface area contributed by atoms with Gasteiger partial charge in [0.15, 0.2) is 11.6 Å². The van der Waals surface area contributed by atoms with Gasteiger partial charge in [-0.3, -0.25) is 4.79 Å². The van der Waals surface area contributed by atoms with Crippen molar-refractivity contribution < 1.29 is 9.53 Å². The molecule has 1 aromatic heterocycles. The van der Waals surface area contributed by atoms with Crippen LogP contribution >= 0.6 is 11.8 Å². The summed E-state index contributed by atoms with van der Waals surface area (Å²) in [5, 5.41) is 8.67. The van der Waals surface area contributed by atoms with Crippen LogP contribution in [0.1, 0.15) is 10.4 Å². The average molecular weight is 340 g/mol. The fourth-order valence-corrected chi connectivity index (χ4v) is 2.90. The van der Waals surface area contributed by atoms with E-state index in [1.807, 2.05) is 42.5 Å². The molecule has 2 aromatic carbocycles. The summed E-state index contributed by atoms with van der Waals surface area (Å²) in [6, 6.07) is 16.5. The number of rotatable bonds is 6. The zero-order valence-corrected chi connectivity index (χ0v) is 13.9. The van der Waals surface area contributed by atoms with Crippen molar-refractivity contribution in [3.8, 4) is 17.1 Å². The number of aromatic nitrogens is 3.